The van der Waals surface area contributed by atoms with Gasteiger partial charge >= 0.3 is 0 Å². The highest BCUT2D eigenvalue weighted by Crippen LogP contribution is 2.36. The van der Waals surface area contributed by atoms with Gasteiger partial charge in [0, 0.05) is 31.7 Å². The lowest BCUT2D eigenvalue weighted by atomic mass is 9.90. The van der Waals surface area contributed by atoms with E-state index >= 15 is 0 Å². The fourth-order valence-electron chi connectivity index (χ4n) is 4.83. The Labute approximate surface area is 214 Å². The SMILES string of the molecule is COc1ccc(Nc2ncc3nc(Nc4ccccc4F)n(C4CCC(N(C)C(C)=O)CC4)c3n2)cc1. The largest absolute Gasteiger partial charge is 0.497 e. The number of aromatic nitrogens is 4. The first-order valence-corrected chi connectivity index (χ1v) is 12.3. The molecule has 0 radical (unpaired) electrons. The summed E-state index contributed by atoms with van der Waals surface area (Å²) < 4.78 is 21.8. The summed E-state index contributed by atoms with van der Waals surface area (Å²) in [5.74, 6) is 1.41. The van der Waals surface area contributed by atoms with E-state index in [1.807, 2.05) is 40.8 Å². The molecule has 1 fully saturated rings. The van der Waals surface area contributed by atoms with Crippen molar-refractivity contribution in [3.05, 3.63) is 60.5 Å². The van der Waals surface area contributed by atoms with Gasteiger partial charge in [0.05, 0.1) is 19.0 Å². The van der Waals surface area contributed by atoms with Crippen molar-refractivity contribution in [2.75, 3.05) is 24.8 Å². The van der Waals surface area contributed by atoms with Crippen LogP contribution in [0.2, 0.25) is 0 Å². The molecule has 2 N–H and O–H groups in total. The summed E-state index contributed by atoms with van der Waals surface area (Å²) in [6, 6.07) is 14.3. The van der Waals surface area contributed by atoms with Crippen LogP contribution in [-0.4, -0.2) is 50.5 Å². The standard InChI is InChI=1S/C27H30FN7O2/c1-17(36)34(2)19-10-12-20(13-11-19)35-25-24(32-27(35)31-23-7-5-4-6-22(23)28)16-29-26(33-25)30-18-8-14-21(37-3)15-9-18/h4-9,14-16,19-20H,10-13H2,1-3H3,(H,31,32)(H,29,30,33). The molecule has 0 unspecified atom stereocenters. The smallest absolute Gasteiger partial charge is 0.229 e. The number of para-hydroxylation sites is 1. The molecule has 0 bridgehead atoms. The highest BCUT2D eigenvalue weighted by atomic mass is 19.1. The molecular weight excluding hydrogens is 473 g/mol. The molecule has 5 rings (SSSR count). The molecule has 1 amide bonds. The average molecular weight is 504 g/mol. The molecule has 0 aliphatic heterocycles. The van der Waals surface area contributed by atoms with Gasteiger partial charge in [0.25, 0.3) is 0 Å². The Bertz CT molecular complexity index is 1400. The second kappa shape index (κ2) is 10.4. The van der Waals surface area contributed by atoms with Crippen molar-refractivity contribution in [2.24, 2.45) is 0 Å². The lowest BCUT2D eigenvalue weighted by molar-refractivity contribution is -0.130. The molecule has 0 atom stereocenters. The number of fused-ring (bicyclic) bond motifs is 1. The topological polar surface area (TPSA) is 97.2 Å². The summed E-state index contributed by atoms with van der Waals surface area (Å²) in [7, 11) is 3.48. The van der Waals surface area contributed by atoms with Crippen molar-refractivity contribution < 1.29 is 13.9 Å². The van der Waals surface area contributed by atoms with Gasteiger partial charge in [-0.1, -0.05) is 12.1 Å². The van der Waals surface area contributed by atoms with Gasteiger partial charge in [-0.15, -0.1) is 0 Å². The number of amides is 1. The summed E-state index contributed by atoms with van der Waals surface area (Å²) in [6.45, 7) is 1.60. The van der Waals surface area contributed by atoms with Crippen LogP contribution in [0.5, 0.6) is 5.75 Å². The maximum atomic E-state index is 14.5. The number of halogens is 1. The van der Waals surface area contributed by atoms with E-state index in [0.29, 0.717) is 28.7 Å². The third-order valence-corrected chi connectivity index (χ3v) is 6.98. The first-order valence-electron chi connectivity index (χ1n) is 12.3. The predicted octanol–water partition coefficient (Wildman–Crippen LogP) is 5.42. The van der Waals surface area contributed by atoms with Crippen molar-refractivity contribution in [3.63, 3.8) is 0 Å². The first kappa shape index (κ1) is 24.5. The molecule has 2 heterocycles. The van der Waals surface area contributed by atoms with Crippen molar-refractivity contribution in [1.82, 2.24) is 24.4 Å². The van der Waals surface area contributed by atoms with E-state index in [1.165, 1.54) is 6.07 Å². The maximum Gasteiger partial charge on any atom is 0.229 e. The predicted molar refractivity (Wildman–Crippen MR) is 141 cm³/mol. The molecule has 2 aromatic carbocycles. The fourth-order valence-corrected chi connectivity index (χ4v) is 4.83. The Morgan fingerprint density at radius 2 is 1.78 bits per heavy atom. The van der Waals surface area contributed by atoms with E-state index < -0.39 is 0 Å². The van der Waals surface area contributed by atoms with E-state index in [4.69, 9.17) is 14.7 Å². The lowest BCUT2D eigenvalue weighted by Crippen LogP contribution is -2.38. The number of benzene rings is 2. The Morgan fingerprint density at radius 1 is 1.05 bits per heavy atom. The van der Waals surface area contributed by atoms with Crippen LogP contribution in [0.1, 0.15) is 38.6 Å². The van der Waals surface area contributed by atoms with E-state index in [2.05, 4.69) is 15.6 Å². The quantitative estimate of drug-likeness (QED) is 0.347. The van der Waals surface area contributed by atoms with E-state index in [0.717, 1.165) is 37.1 Å². The van der Waals surface area contributed by atoms with Crippen molar-refractivity contribution in [3.8, 4) is 5.75 Å². The molecule has 9 nitrogen and oxygen atoms in total. The zero-order chi connectivity index (χ0) is 25.9. The summed E-state index contributed by atoms with van der Waals surface area (Å²) in [6.07, 6.45) is 5.07. The van der Waals surface area contributed by atoms with Gasteiger partial charge in [-0.2, -0.15) is 4.98 Å². The molecule has 2 aromatic heterocycles. The third kappa shape index (κ3) is 5.18. The summed E-state index contributed by atoms with van der Waals surface area (Å²) in [5, 5.41) is 6.41. The molecular formula is C27H30FN7O2. The molecule has 0 saturated heterocycles. The number of methoxy groups -OCH3 is 1. The fraction of sp³-hybridized carbons (Fsp3) is 0.333. The number of carbonyl (C=O) groups is 1. The minimum absolute atomic E-state index is 0.0698. The van der Waals surface area contributed by atoms with E-state index in [-0.39, 0.29) is 23.8 Å². The van der Waals surface area contributed by atoms with Crippen molar-refractivity contribution in [2.45, 2.75) is 44.7 Å². The van der Waals surface area contributed by atoms with Gasteiger partial charge in [0.1, 0.15) is 17.1 Å². The van der Waals surface area contributed by atoms with Crippen LogP contribution in [0.3, 0.4) is 0 Å². The molecule has 10 heteroatoms. The van der Waals surface area contributed by atoms with Crippen LogP contribution < -0.4 is 15.4 Å². The minimum atomic E-state index is -0.360. The number of carbonyl (C=O) groups excluding carboxylic acids is 1. The molecule has 1 saturated carbocycles. The highest BCUT2D eigenvalue weighted by molar-refractivity contribution is 5.77. The van der Waals surface area contributed by atoms with Gasteiger partial charge in [0.2, 0.25) is 17.8 Å². The van der Waals surface area contributed by atoms with Crippen LogP contribution in [-0.2, 0) is 4.79 Å². The molecule has 1 aliphatic carbocycles. The zero-order valence-corrected chi connectivity index (χ0v) is 21.1. The molecule has 192 valence electrons. The molecule has 37 heavy (non-hydrogen) atoms. The minimum Gasteiger partial charge on any atom is -0.497 e. The normalized spacial score (nSPS) is 17.4. The number of rotatable bonds is 7. The Balaban J connectivity index is 1.49. The van der Waals surface area contributed by atoms with Crippen LogP contribution in [0, 0.1) is 5.82 Å². The Hall–Kier alpha value is -4.21. The van der Waals surface area contributed by atoms with Crippen LogP contribution in [0.15, 0.2) is 54.7 Å². The van der Waals surface area contributed by atoms with Gasteiger partial charge in [-0.25, -0.2) is 14.4 Å². The number of nitrogens with zero attached hydrogens (tertiary/aromatic N) is 5. The highest BCUT2D eigenvalue weighted by Gasteiger charge is 2.29. The van der Waals surface area contributed by atoms with Crippen LogP contribution in [0.4, 0.5) is 27.7 Å². The van der Waals surface area contributed by atoms with Crippen LogP contribution >= 0.6 is 0 Å². The summed E-state index contributed by atoms with van der Waals surface area (Å²) in [5.41, 5.74) is 2.44. The number of anilines is 4. The van der Waals surface area contributed by atoms with Gasteiger partial charge in [-0.3, -0.25) is 9.36 Å². The monoisotopic (exact) mass is 503 g/mol. The van der Waals surface area contributed by atoms with Gasteiger partial charge in [-0.05, 0) is 62.1 Å². The van der Waals surface area contributed by atoms with Crippen molar-refractivity contribution in [1.29, 1.82) is 0 Å². The zero-order valence-electron chi connectivity index (χ0n) is 21.1. The number of hydrogen-bond acceptors (Lipinski definition) is 7. The Kier molecular flexibility index (Phi) is 6.89. The third-order valence-electron chi connectivity index (χ3n) is 6.98. The van der Waals surface area contributed by atoms with Gasteiger partial charge in [0.15, 0.2) is 5.65 Å². The second-order valence-electron chi connectivity index (χ2n) is 9.26. The average Bonchev–Trinajstić information content (AvgIpc) is 3.27. The number of nitrogens with one attached hydrogen (secondary N) is 2. The maximum absolute atomic E-state index is 14.5. The number of ether oxygens (including phenoxy) is 1. The molecule has 0 spiro atoms. The first-order chi connectivity index (χ1) is 17.9. The number of imidazole rings is 1. The van der Waals surface area contributed by atoms with E-state index in [1.54, 1.807) is 38.4 Å². The molecule has 4 aromatic rings. The van der Waals surface area contributed by atoms with E-state index in [9.17, 15) is 9.18 Å². The summed E-state index contributed by atoms with van der Waals surface area (Å²) >= 11 is 0. The summed E-state index contributed by atoms with van der Waals surface area (Å²) in [4.78, 5) is 27.7. The van der Waals surface area contributed by atoms with Crippen molar-refractivity contribution >= 4 is 40.3 Å². The molecule has 1 aliphatic rings. The second-order valence-corrected chi connectivity index (χ2v) is 9.26. The van der Waals surface area contributed by atoms with Crippen LogP contribution in [0.25, 0.3) is 11.2 Å². The lowest BCUT2D eigenvalue weighted by Gasteiger charge is -2.35. The Morgan fingerprint density at radius 3 is 2.46 bits per heavy atom. The van der Waals surface area contributed by atoms with Gasteiger partial charge < -0.3 is 20.3 Å². The number of hydrogen-bond donors (Lipinski definition) is 2.